The van der Waals surface area contributed by atoms with Crippen LogP contribution in [-0.4, -0.2) is 46.2 Å². The van der Waals surface area contributed by atoms with Crippen molar-refractivity contribution in [3.63, 3.8) is 0 Å². The van der Waals surface area contributed by atoms with Gasteiger partial charge in [-0.15, -0.1) is 0 Å². The molecule has 176 valence electrons. The van der Waals surface area contributed by atoms with Crippen LogP contribution in [0.15, 0.2) is 82.5 Å². The molecule has 9 nitrogen and oxygen atoms in total. The van der Waals surface area contributed by atoms with E-state index in [0.717, 1.165) is 12.3 Å². The highest BCUT2D eigenvalue weighted by Gasteiger charge is 2.62. The van der Waals surface area contributed by atoms with Gasteiger partial charge in [0, 0.05) is 12.3 Å². The predicted octanol–water partition coefficient (Wildman–Crippen LogP) is 2.15. The Kier molecular flexibility index (Phi) is 6.37. The second-order valence-electron chi connectivity index (χ2n) is 7.38. The van der Waals surface area contributed by atoms with Crippen molar-refractivity contribution < 1.29 is 32.6 Å². The molecule has 0 saturated carbocycles. The molecule has 0 bridgehead atoms. The van der Waals surface area contributed by atoms with Gasteiger partial charge in [0.05, 0.1) is 11.1 Å². The Morgan fingerprint density at radius 2 is 1.53 bits per heavy atom. The number of nitrogens with one attached hydrogen (secondary N) is 1. The minimum Gasteiger partial charge on any atom is -0.459 e. The molecule has 1 fully saturated rings. The number of hydrogen-bond acceptors (Lipinski definition) is 7. The van der Waals surface area contributed by atoms with Gasteiger partial charge in [-0.25, -0.2) is 14.4 Å². The molecular weight excluding hydrogens is 454 g/mol. The van der Waals surface area contributed by atoms with Crippen LogP contribution in [0.1, 0.15) is 26.9 Å². The first-order chi connectivity index (χ1) is 16.3. The van der Waals surface area contributed by atoms with Crippen LogP contribution < -0.4 is 11.2 Å². The molecule has 0 aliphatic carbocycles. The number of carbonyl (C=O) groups is 2. The van der Waals surface area contributed by atoms with E-state index >= 15 is 8.78 Å². The van der Waals surface area contributed by atoms with Crippen LogP contribution in [0.25, 0.3) is 0 Å². The van der Waals surface area contributed by atoms with E-state index in [1.807, 2.05) is 4.98 Å². The highest BCUT2D eigenvalue weighted by atomic mass is 19.3. The second kappa shape index (κ2) is 9.40. The van der Waals surface area contributed by atoms with Crippen molar-refractivity contribution in [2.45, 2.75) is 24.4 Å². The molecular formula is C23H18F2N2O7. The number of benzene rings is 2. The molecule has 4 rings (SSSR count). The zero-order valence-electron chi connectivity index (χ0n) is 17.4. The van der Waals surface area contributed by atoms with Crippen LogP contribution in [0.3, 0.4) is 0 Å². The average molecular weight is 472 g/mol. The maximum Gasteiger partial charge on any atom is 0.338 e. The summed E-state index contributed by atoms with van der Waals surface area (Å²) >= 11 is 0. The molecule has 0 radical (unpaired) electrons. The number of nitrogens with zero attached hydrogens (tertiary/aromatic N) is 1. The third-order valence-electron chi connectivity index (χ3n) is 5.09. The van der Waals surface area contributed by atoms with Crippen molar-refractivity contribution >= 4 is 11.9 Å². The van der Waals surface area contributed by atoms with E-state index in [0.29, 0.717) is 4.57 Å². The number of aromatic nitrogens is 2. The molecule has 0 amide bonds. The maximum absolute atomic E-state index is 15.4. The van der Waals surface area contributed by atoms with Crippen molar-refractivity contribution in [1.82, 2.24) is 9.55 Å². The first-order valence-corrected chi connectivity index (χ1v) is 10.1. The number of ether oxygens (including phenoxy) is 3. The lowest BCUT2D eigenvalue weighted by molar-refractivity contribution is -0.142. The highest BCUT2D eigenvalue weighted by Crippen LogP contribution is 2.44. The lowest BCUT2D eigenvalue weighted by Gasteiger charge is -2.24. The second-order valence-corrected chi connectivity index (χ2v) is 7.38. The van der Waals surface area contributed by atoms with E-state index < -0.39 is 54.2 Å². The molecule has 1 aromatic heterocycles. The van der Waals surface area contributed by atoms with Crippen molar-refractivity contribution in [2.75, 3.05) is 6.61 Å². The van der Waals surface area contributed by atoms with Crippen LogP contribution in [0.4, 0.5) is 8.78 Å². The minimum absolute atomic E-state index is 0.0167. The number of alkyl halides is 2. The summed E-state index contributed by atoms with van der Waals surface area (Å²) < 4.78 is 46.9. The molecule has 3 aromatic rings. The van der Waals surface area contributed by atoms with Crippen molar-refractivity contribution in [3.8, 4) is 0 Å². The summed E-state index contributed by atoms with van der Waals surface area (Å²) in [7, 11) is 0. The van der Waals surface area contributed by atoms with Gasteiger partial charge in [0.25, 0.3) is 5.56 Å². The van der Waals surface area contributed by atoms with E-state index in [1.165, 1.54) is 36.4 Å². The zero-order chi connectivity index (χ0) is 24.3. The quantitative estimate of drug-likeness (QED) is 0.547. The minimum atomic E-state index is -3.92. The fraction of sp³-hybridized carbons (Fsp3) is 0.217. The molecule has 0 spiro atoms. The van der Waals surface area contributed by atoms with Gasteiger partial charge in [-0.05, 0) is 24.3 Å². The summed E-state index contributed by atoms with van der Waals surface area (Å²) in [6.45, 7) is -0.690. The Hall–Kier alpha value is -4.12. The molecule has 1 saturated heterocycles. The number of esters is 2. The van der Waals surface area contributed by atoms with Crippen molar-refractivity contribution in [2.24, 2.45) is 0 Å². The van der Waals surface area contributed by atoms with Crippen LogP contribution in [0.2, 0.25) is 0 Å². The number of H-pyrrole nitrogens is 1. The SMILES string of the molecule is O=C(OC[C@H]1O[C@H](n2ccc(=O)[nH]c2=O)C(F)(F)[C@@H]1OC(=O)c1ccccc1)c1ccccc1. The van der Waals surface area contributed by atoms with Gasteiger partial charge in [0.1, 0.15) is 12.7 Å². The van der Waals surface area contributed by atoms with E-state index in [1.54, 1.807) is 24.3 Å². The predicted molar refractivity (Wildman–Crippen MR) is 113 cm³/mol. The Morgan fingerprint density at radius 3 is 2.12 bits per heavy atom. The van der Waals surface area contributed by atoms with Crippen molar-refractivity contribution in [3.05, 3.63) is 105 Å². The lowest BCUT2D eigenvalue weighted by Crippen LogP contribution is -2.45. The van der Waals surface area contributed by atoms with Gasteiger partial charge in [0.15, 0.2) is 6.10 Å². The van der Waals surface area contributed by atoms with E-state index in [9.17, 15) is 19.2 Å². The molecule has 11 heteroatoms. The first-order valence-electron chi connectivity index (χ1n) is 10.1. The first kappa shape index (κ1) is 23.1. The monoisotopic (exact) mass is 472 g/mol. The Morgan fingerprint density at radius 1 is 0.941 bits per heavy atom. The van der Waals surface area contributed by atoms with Crippen LogP contribution in [0, 0.1) is 0 Å². The molecule has 1 N–H and O–H groups in total. The number of hydrogen-bond donors (Lipinski definition) is 1. The van der Waals surface area contributed by atoms with Gasteiger partial charge < -0.3 is 14.2 Å². The van der Waals surface area contributed by atoms with Gasteiger partial charge in [-0.3, -0.25) is 14.3 Å². The van der Waals surface area contributed by atoms with Crippen molar-refractivity contribution in [1.29, 1.82) is 0 Å². The molecule has 2 heterocycles. The molecule has 2 aromatic carbocycles. The molecule has 3 atom stereocenters. The van der Waals surface area contributed by atoms with Crippen LogP contribution >= 0.6 is 0 Å². The Labute approximate surface area is 190 Å². The summed E-state index contributed by atoms with van der Waals surface area (Å²) in [5.74, 6) is -5.77. The summed E-state index contributed by atoms with van der Waals surface area (Å²) in [5.41, 5.74) is -1.74. The van der Waals surface area contributed by atoms with Gasteiger partial charge in [0.2, 0.25) is 6.23 Å². The fourth-order valence-electron chi connectivity index (χ4n) is 3.43. The van der Waals surface area contributed by atoms with E-state index in [2.05, 4.69) is 0 Å². The Bertz CT molecular complexity index is 1290. The summed E-state index contributed by atoms with van der Waals surface area (Å²) in [4.78, 5) is 50.1. The van der Waals surface area contributed by atoms with Crippen LogP contribution in [0.5, 0.6) is 0 Å². The third kappa shape index (κ3) is 4.64. The highest BCUT2D eigenvalue weighted by molar-refractivity contribution is 5.90. The third-order valence-corrected chi connectivity index (χ3v) is 5.09. The average Bonchev–Trinajstić information content (AvgIpc) is 3.08. The van der Waals surface area contributed by atoms with E-state index in [-0.39, 0.29) is 11.1 Å². The van der Waals surface area contributed by atoms with Gasteiger partial charge >= 0.3 is 23.6 Å². The fourth-order valence-corrected chi connectivity index (χ4v) is 3.43. The lowest BCUT2D eigenvalue weighted by atomic mass is 10.1. The maximum atomic E-state index is 15.4. The van der Waals surface area contributed by atoms with E-state index in [4.69, 9.17) is 14.2 Å². The Balaban J connectivity index is 1.62. The normalized spacial score (nSPS) is 21.1. The number of aromatic amines is 1. The number of carbonyl (C=O) groups excluding carboxylic acids is 2. The summed E-state index contributed by atoms with van der Waals surface area (Å²) in [5, 5.41) is 0. The van der Waals surface area contributed by atoms with Gasteiger partial charge in [-0.1, -0.05) is 36.4 Å². The van der Waals surface area contributed by atoms with Gasteiger partial charge in [-0.2, -0.15) is 8.78 Å². The summed E-state index contributed by atoms with van der Waals surface area (Å²) in [6.07, 6.45) is -5.20. The van der Waals surface area contributed by atoms with Crippen LogP contribution in [-0.2, 0) is 14.2 Å². The number of halogens is 2. The molecule has 0 unspecified atom stereocenters. The topological polar surface area (TPSA) is 117 Å². The zero-order valence-corrected chi connectivity index (χ0v) is 17.4. The summed E-state index contributed by atoms with van der Waals surface area (Å²) in [6, 6.07) is 16.1. The molecule has 1 aliphatic rings. The molecule has 34 heavy (non-hydrogen) atoms. The number of rotatable bonds is 6. The standard InChI is InChI=1S/C23H18F2N2O7/c24-23(25)18(34-20(30)15-9-5-2-6-10-15)16(13-32-19(29)14-7-3-1-4-8-14)33-21(23)27-12-11-17(28)26-22(27)31/h1-12,16,18,21H,13H2,(H,26,28,31)/t16-,18-,21+/m1/s1. The molecule has 1 aliphatic heterocycles. The largest absolute Gasteiger partial charge is 0.459 e. The smallest absolute Gasteiger partial charge is 0.338 e.